The Hall–Kier alpha value is -3.89. The Morgan fingerprint density at radius 1 is 0.891 bits per heavy atom. The molecule has 0 aliphatic carbocycles. The molecule has 1 aromatic heterocycles. The molecule has 4 aromatic rings. The van der Waals surface area contributed by atoms with Gasteiger partial charge in [0.25, 0.3) is 0 Å². The Morgan fingerprint density at radius 3 is 2.29 bits per heavy atom. The lowest BCUT2D eigenvalue weighted by Crippen LogP contribution is -2.39. The quantitative estimate of drug-likeness (QED) is 0.170. The van der Waals surface area contributed by atoms with Gasteiger partial charge in [-0.05, 0) is 94.2 Å². The maximum Gasteiger partial charge on any atom is 0.410 e. The first-order valence-corrected chi connectivity index (χ1v) is 21.4. The molecule has 10 nitrogen and oxygen atoms in total. The summed E-state index contributed by atoms with van der Waals surface area (Å²) in [5.74, 6) is 6.52. The molecule has 0 saturated carbocycles. The van der Waals surface area contributed by atoms with E-state index in [-0.39, 0.29) is 12.6 Å². The summed E-state index contributed by atoms with van der Waals surface area (Å²) in [6.07, 6.45) is 3.33. The molecule has 2 aliphatic rings. The van der Waals surface area contributed by atoms with E-state index >= 15 is 0 Å². The van der Waals surface area contributed by atoms with Gasteiger partial charge in [0.15, 0.2) is 0 Å². The zero-order chi connectivity index (χ0) is 39.2. The number of nitrogens with one attached hydrogen (secondary N) is 1. The SMILES string of the molecule is CC(C)(C)OC(=O)N1CCCN(CCCn2nc(-c3ccc(Cl)c(C#Cc4ccc(CNCc5ccc(Cl)cc5)cc4)c3)c3c2CCN(S(C)(=O)=O)C3)CC1. The zero-order valence-electron chi connectivity index (χ0n) is 32.1. The van der Waals surface area contributed by atoms with Gasteiger partial charge in [0, 0.05) is 91.7 Å². The summed E-state index contributed by atoms with van der Waals surface area (Å²) in [6, 6.07) is 21.7. The van der Waals surface area contributed by atoms with Crippen molar-refractivity contribution in [1.82, 2.24) is 29.2 Å². The summed E-state index contributed by atoms with van der Waals surface area (Å²) in [5, 5.41) is 9.82. The van der Waals surface area contributed by atoms with Crippen molar-refractivity contribution < 1.29 is 17.9 Å². The first-order chi connectivity index (χ1) is 26.2. The minimum absolute atomic E-state index is 0.256. The van der Waals surface area contributed by atoms with Crippen LogP contribution in [-0.2, 0) is 47.4 Å². The third kappa shape index (κ3) is 11.3. The van der Waals surface area contributed by atoms with E-state index in [0.717, 1.165) is 84.2 Å². The van der Waals surface area contributed by atoms with Crippen LogP contribution >= 0.6 is 23.2 Å². The van der Waals surface area contributed by atoms with E-state index < -0.39 is 15.6 Å². The third-order valence-electron chi connectivity index (χ3n) is 9.76. The zero-order valence-corrected chi connectivity index (χ0v) is 34.4. The lowest BCUT2D eigenvalue weighted by atomic mass is 10.0. The normalized spacial score (nSPS) is 15.6. The lowest BCUT2D eigenvalue weighted by Gasteiger charge is -2.26. The summed E-state index contributed by atoms with van der Waals surface area (Å²) in [7, 11) is -3.39. The van der Waals surface area contributed by atoms with Crippen LogP contribution in [0.25, 0.3) is 11.3 Å². The minimum atomic E-state index is -3.39. The number of hydrogen-bond donors (Lipinski definition) is 1. The van der Waals surface area contributed by atoms with Crippen molar-refractivity contribution >= 4 is 39.3 Å². The van der Waals surface area contributed by atoms with Crippen LogP contribution < -0.4 is 5.32 Å². The van der Waals surface area contributed by atoms with E-state index in [4.69, 9.17) is 33.0 Å². The van der Waals surface area contributed by atoms with E-state index in [9.17, 15) is 13.2 Å². The van der Waals surface area contributed by atoms with Crippen molar-refractivity contribution in [1.29, 1.82) is 0 Å². The molecule has 0 unspecified atom stereocenters. The first kappa shape index (κ1) is 40.8. The molecule has 0 atom stereocenters. The van der Waals surface area contributed by atoms with Crippen molar-refractivity contribution in [2.45, 2.75) is 71.8 Å². The number of benzene rings is 3. The number of aromatic nitrogens is 2. The van der Waals surface area contributed by atoms with E-state index in [1.54, 1.807) is 4.90 Å². The number of fused-ring (bicyclic) bond motifs is 1. The standard InChI is InChI=1S/C42H50Cl2N6O4S/c1-42(2,3)54-41(51)48-22-5-20-47(25-26-48)21-6-23-50-39-19-24-49(55(4,52)53)30-37(39)40(46-50)35-15-18-38(44)34(27-35)14-11-31-7-9-32(10-8-31)28-45-29-33-12-16-36(43)17-13-33/h7-10,12-13,15-18,27,45H,5-6,19-26,28-30H2,1-4H3. The molecule has 13 heteroatoms. The fourth-order valence-corrected chi connectivity index (χ4v) is 7.96. The Labute approximate surface area is 335 Å². The molecule has 292 valence electrons. The van der Waals surface area contributed by atoms with Gasteiger partial charge in [0.1, 0.15) is 5.60 Å². The number of hydrogen-bond acceptors (Lipinski definition) is 7. The number of carbonyl (C=O) groups is 1. The number of sulfonamides is 1. The highest BCUT2D eigenvalue weighted by Crippen LogP contribution is 2.33. The van der Waals surface area contributed by atoms with Crippen molar-refractivity contribution in [3.63, 3.8) is 0 Å². The van der Waals surface area contributed by atoms with Gasteiger partial charge in [-0.25, -0.2) is 13.2 Å². The molecule has 0 spiro atoms. The van der Waals surface area contributed by atoms with Gasteiger partial charge in [-0.1, -0.05) is 65.4 Å². The Bertz CT molecular complexity index is 2140. The molecule has 0 radical (unpaired) electrons. The molecule has 55 heavy (non-hydrogen) atoms. The van der Waals surface area contributed by atoms with Crippen LogP contribution in [0, 0.1) is 11.8 Å². The fourth-order valence-electron chi connectivity index (χ4n) is 6.88. The van der Waals surface area contributed by atoms with Crippen molar-refractivity contribution in [2.75, 3.05) is 45.5 Å². The van der Waals surface area contributed by atoms with Gasteiger partial charge >= 0.3 is 6.09 Å². The average molecular weight is 806 g/mol. The van der Waals surface area contributed by atoms with Crippen LogP contribution in [0.3, 0.4) is 0 Å². The monoisotopic (exact) mass is 804 g/mol. The highest BCUT2D eigenvalue weighted by Gasteiger charge is 2.30. The molecule has 6 rings (SSSR count). The Kier molecular flexibility index (Phi) is 13.3. The molecule has 1 fully saturated rings. The van der Waals surface area contributed by atoms with Gasteiger partial charge < -0.3 is 19.9 Å². The Morgan fingerprint density at radius 2 is 1.60 bits per heavy atom. The first-order valence-electron chi connectivity index (χ1n) is 18.8. The maximum absolute atomic E-state index is 12.6. The topological polar surface area (TPSA) is 100 Å². The predicted octanol–water partition coefficient (Wildman–Crippen LogP) is 7.20. The molecule has 0 bridgehead atoms. The molecule has 1 amide bonds. The molecular weight excluding hydrogens is 755 g/mol. The van der Waals surface area contributed by atoms with Crippen LogP contribution in [0.2, 0.25) is 10.0 Å². The second kappa shape index (κ2) is 17.9. The fraction of sp³-hybridized carbons (Fsp3) is 0.429. The van der Waals surface area contributed by atoms with E-state index in [1.165, 1.54) is 16.1 Å². The number of rotatable bonds is 10. The third-order valence-corrected chi connectivity index (χ3v) is 11.6. The van der Waals surface area contributed by atoms with Crippen LogP contribution in [0.15, 0.2) is 66.7 Å². The molecule has 1 N–H and O–H groups in total. The van der Waals surface area contributed by atoms with Crippen LogP contribution in [0.5, 0.6) is 0 Å². The van der Waals surface area contributed by atoms with Crippen LogP contribution in [0.4, 0.5) is 4.79 Å². The number of amides is 1. The summed E-state index contributed by atoms with van der Waals surface area (Å²) in [5.41, 5.74) is 6.92. The molecule has 3 aromatic carbocycles. The number of ether oxygens (including phenoxy) is 1. The van der Waals surface area contributed by atoms with E-state index in [2.05, 4.69) is 38.9 Å². The largest absolute Gasteiger partial charge is 0.444 e. The second-order valence-electron chi connectivity index (χ2n) is 15.2. The summed E-state index contributed by atoms with van der Waals surface area (Å²) < 4.78 is 34.5. The molecule has 3 heterocycles. The van der Waals surface area contributed by atoms with Gasteiger partial charge in [0.2, 0.25) is 10.0 Å². The maximum atomic E-state index is 12.6. The number of aryl methyl sites for hydroxylation is 1. The highest BCUT2D eigenvalue weighted by atomic mass is 35.5. The predicted molar refractivity (Wildman–Crippen MR) is 220 cm³/mol. The number of halogens is 2. The van der Waals surface area contributed by atoms with Crippen molar-refractivity contribution in [3.8, 4) is 23.1 Å². The number of nitrogens with zero attached hydrogens (tertiary/aromatic N) is 5. The van der Waals surface area contributed by atoms with Gasteiger partial charge in [-0.15, -0.1) is 0 Å². The van der Waals surface area contributed by atoms with Gasteiger partial charge in [0.05, 0.1) is 17.0 Å². The Balaban J connectivity index is 1.13. The summed E-state index contributed by atoms with van der Waals surface area (Å²) >= 11 is 12.7. The van der Waals surface area contributed by atoms with Gasteiger partial charge in [-0.2, -0.15) is 9.40 Å². The molecule has 2 aliphatic heterocycles. The summed E-state index contributed by atoms with van der Waals surface area (Å²) in [4.78, 5) is 16.8. The molecular formula is C42H50Cl2N6O4S. The van der Waals surface area contributed by atoms with Gasteiger partial charge in [-0.3, -0.25) is 4.68 Å². The smallest absolute Gasteiger partial charge is 0.410 e. The second-order valence-corrected chi connectivity index (χ2v) is 18.1. The molecule has 1 saturated heterocycles. The average Bonchev–Trinajstić information content (AvgIpc) is 3.32. The van der Waals surface area contributed by atoms with Crippen LogP contribution in [-0.4, -0.2) is 89.5 Å². The lowest BCUT2D eigenvalue weighted by molar-refractivity contribution is 0.0257. The summed E-state index contributed by atoms with van der Waals surface area (Å²) in [6.45, 7) is 12.4. The van der Waals surface area contributed by atoms with Crippen molar-refractivity contribution in [3.05, 3.63) is 110 Å². The highest BCUT2D eigenvalue weighted by molar-refractivity contribution is 7.88. The van der Waals surface area contributed by atoms with Crippen molar-refractivity contribution in [2.24, 2.45) is 0 Å². The number of carbonyl (C=O) groups excluding carboxylic acids is 1. The van der Waals surface area contributed by atoms with E-state index in [0.29, 0.717) is 43.2 Å². The minimum Gasteiger partial charge on any atom is -0.444 e. The van der Waals surface area contributed by atoms with E-state index in [1.807, 2.05) is 75.4 Å². The van der Waals surface area contributed by atoms with Crippen LogP contribution in [0.1, 0.15) is 67.1 Å².